The minimum absolute atomic E-state index is 0.00364. The van der Waals surface area contributed by atoms with Crippen LogP contribution in [-0.2, 0) is 9.31 Å². The van der Waals surface area contributed by atoms with E-state index in [1.165, 1.54) is 0 Å². The highest BCUT2D eigenvalue weighted by Crippen LogP contribution is 2.37. The second-order valence-corrected chi connectivity index (χ2v) is 6.57. The second kappa shape index (κ2) is 4.45. The average Bonchev–Trinajstić information content (AvgIpc) is 2.88. The van der Waals surface area contributed by atoms with Crippen LogP contribution < -0.4 is 5.46 Å². The molecule has 0 aliphatic carbocycles. The summed E-state index contributed by atoms with van der Waals surface area (Å²) in [5.74, 6) is -0.00364. The number of fused-ring (bicyclic) bond motifs is 1. The average molecular weight is 285 g/mol. The molecule has 0 radical (unpaired) electrons. The first-order valence-electron chi connectivity index (χ1n) is 7.19. The van der Waals surface area contributed by atoms with Crippen LogP contribution in [0.5, 0.6) is 0 Å². The first-order valence-corrected chi connectivity index (χ1v) is 7.19. The standard InChI is InChI=1S/C16H20BNO3/c1-11(19)18-10-9-12-13(7-6-8-14(12)18)17-20-15(2,3)16(4,5)21-17/h6-10H,1-5H3. The summed E-state index contributed by atoms with van der Waals surface area (Å²) in [5, 5.41) is 0.992. The molecule has 0 atom stereocenters. The summed E-state index contributed by atoms with van der Waals surface area (Å²) in [5.41, 5.74) is 1.10. The first-order chi connectivity index (χ1) is 9.73. The van der Waals surface area contributed by atoms with Crippen LogP contribution in [0.2, 0.25) is 0 Å². The number of benzene rings is 1. The quantitative estimate of drug-likeness (QED) is 0.756. The van der Waals surface area contributed by atoms with Crippen molar-refractivity contribution in [3.63, 3.8) is 0 Å². The highest BCUT2D eigenvalue weighted by atomic mass is 16.7. The van der Waals surface area contributed by atoms with Crippen LogP contribution in [0.1, 0.15) is 39.4 Å². The number of aromatic nitrogens is 1. The van der Waals surface area contributed by atoms with Gasteiger partial charge in [0.05, 0.1) is 16.7 Å². The fourth-order valence-corrected chi connectivity index (χ4v) is 2.64. The van der Waals surface area contributed by atoms with E-state index >= 15 is 0 Å². The zero-order valence-electron chi connectivity index (χ0n) is 13.1. The second-order valence-electron chi connectivity index (χ2n) is 6.57. The third-order valence-corrected chi connectivity index (χ3v) is 4.61. The van der Waals surface area contributed by atoms with Gasteiger partial charge >= 0.3 is 7.12 Å². The normalized spacial score (nSPS) is 20.1. The molecule has 1 aliphatic heterocycles. The summed E-state index contributed by atoms with van der Waals surface area (Å²) in [6, 6.07) is 7.81. The molecule has 1 fully saturated rings. The molecule has 5 heteroatoms. The number of rotatable bonds is 1. The largest absolute Gasteiger partial charge is 0.495 e. The third kappa shape index (κ3) is 2.12. The monoisotopic (exact) mass is 285 g/mol. The van der Waals surface area contributed by atoms with Gasteiger partial charge in [0.15, 0.2) is 0 Å². The predicted octanol–water partition coefficient (Wildman–Crippen LogP) is 2.60. The summed E-state index contributed by atoms with van der Waals surface area (Å²) in [4.78, 5) is 11.7. The smallest absolute Gasteiger partial charge is 0.399 e. The highest BCUT2D eigenvalue weighted by Gasteiger charge is 2.52. The Labute approximate surface area is 125 Å². The molecule has 1 aliphatic rings. The van der Waals surface area contributed by atoms with E-state index < -0.39 is 7.12 Å². The highest BCUT2D eigenvalue weighted by molar-refractivity contribution is 6.65. The Bertz CT molecular complexity index is 701. The van der Waals surface area contributed by atoms with Gasteiger partial charge in [-0.25, -0.2) is 0 Å². The maximum absolute atomic E-state index is 11.7. The van der Waals surface area contributed by atoms with E-state index in [4.69, 9.17) is 9.31 Å². The van der Waals surface area contributed by atoms with E-state index in [9.17, 15) is 4.79 Å². The predicted molar refractivity (Wildman–Crippen MR) is 84.0 cm³/mol. The van der Waals surface area contributed by atoms with Crippen LogP contribution in [-0.4, -0.2) is 28.8 Å². The van der Waals surface area contributed by atoms with Gasteiger partial charge in [-0.3, -0.25) is 9.36 Å². The van der Waals surface area contributed by atoms with Crippen molar-refractivity contribution in [1.29, 1.82) is 0 Å². The third-order valence-electron chi connectivity index (χ3n) is 4.61. The number of carbonyl (C=O) groups excluding carboxylic acids is 1. The Balaban J connectivity index is 2.09. The molecule has 21 heavy (non-hydrogen) atoms. The molecule has 0 N–H and O–H groups in total. The summed E-state index contributed by atoms with van der Waals surface area (Å²) < 4.78 is 13.9. The molecule has 0 unspecified atom stereocenters. The summed E-state index contributed by atoms with van der Waals surface area (Å²) in [6.07, 6.45) is 1.79. The van der Waals surface area contributed by atoms with Gasteiger partial charge in [0.25, 0.3) is 0 Å². The van der Waals surface area contributed by atoms with Crippen molar-refractivity contribution in [2.75, 3.05) is 0 Å². The Morgan fingerprint density at radius 1 is 1.10 bits per heavy atom. The Morgan fingerprint density at radius 2 is 1.71 bits per heavy atom. The summed E-state index contributed by atoms with van der Waals surface area (Å²) >= 11 is 0. The number of carbonyl (C=O) groups is 1. The van der Waals surface area contributed by atoms with Crippen molar-refractivity contribution in [3.05, 3.63) is 30.5 Å². The molecule has 2 aromatic rings. The molecule has 4 nitrogen and oxygen atoms in total. The lowest BCUT2D eigenvalue weighted by Gasteiger charge is -2.32. The van der Waals surface area contributed by atoms with Gasteiger partial charge in [-0.15, -0.1) is 0 Å². The molecule has 0 saturated carbocycles. The van der Waals surface area contributed by atoms with E-state index in [-0.39, 0.29) is 17.1 Å². The lowest BCUT2D eigenvalue weighted by molar-refractivity contribution is 0.00578. The maximum atomic E-state index is 11.7. The van der Waals surface area contributed by atoms with E-state index in [2.05, 4.69) is 0 Å². The van der Waals surface area contributed by atoms with Gasteiger partial charge in [-0.1, -0.05) is 12.1 Å². The number of nitrogens with zero attached hydrogens (tertiary/aromatic N) is 1. The maximum Gasteiger partial charge on any atom is 0.495 e. The van der Waals surface area contributed by atoms with Crippen molar-refractivity contribution in [2.24, 2.45) is 0 Å². The molecule has 0 spiro atoms. The van der Waals surface area contributed by atoms with Gasteiger partial charge in [-0.2, -0.15) is 0 Å². The first kappa shape index (κ1) is 14.4. The SMILES string of the molecule is CC(=O)n1ccc2c(B3OC(C)(C)C(C)(C)O3)cccc21. The minimum atomic E-state index is -0.415. The molecule has 1 aromatic heterocycles. The van der Waals surface area contributed by atoms with Gasteiger partial charge in [-0.05, 0) is 50.7 Å². The summed E-state index contributed by atoms with van der Waals surface area (Å²) in [7, 11) is -0.415. The van der Waals surface area contributed by atoms with Gasteiger partial charge in [0, 0.05) is 13.1 Å². The molecule has 0 amide bonds. The number of hydrogen-bond acceptors (Lipinski definition) is 3. The van der Waals surface area contributed by atoms with Crippen LogP contribution in [0.3, 0.4) is 0 Å². The van der Waals surface area contributed by atoms with Crippen LogP contribution in [0, 0.1) is 0 Å². The van der Waals surface area contributed by atoms with E-state index in [0.717, 1.165) is 16.4 Å². The van der Waals surface area contributed by atoms with Crippen molar-refractivity contribution in [1.82, 2.24) is 4.57 Å². The van der Waals surface area contributed by atoms with Crippen molar-refractivity contribution < 1.29 is 14.1 Å². The Morgan fingerprint density at radius 3 is 2.29 bits per heavy atom. The van der Waals surface area contributed by atoms with Gasteiger partial charge in [0.1, 0.15) is 0 Å². The van der Waals surface area contributed by atoms with E-state index in [0.29, 0.717) is 0 Å². The molecule has 1 saturated heterocycles. The van der Waals surface area contributed by atoms with Crippen molar-refractivity contribution in [2.45, 2.75) is 45.8 Å². The zero-order valence-corrected chi connectivity index (χ0v) is 13.1. The van der Waals surface area contributed by atoms with Gasteiger partial charge < -0.3 is 9.31 Å². The summed E-state index contributed by atoms with van der Waals surface area (Å²) in [6.45, 7) is 9.70. The number of hydrogen-bond donors (Lipinski definition) is 0. The fraction of sp³-hybridized carbons (Fsp3) is 0.438. The molecular formula is C16H20BNO3. The van der Waals surface area contributed by atoms with Gasteiger partial charge in [0.2, 0.25) is 5.91 Å². The van der Waals surface area contributed by atoms with E-state index in [1.807, 2.05) is 52.0 Å². The fourth-order valence-electron chi connectivity index (χ4n) is 2.64. The van der Waals surface area contributed by atoms with Crippen LogP contribution in [0.25, 0.3) is 10.9 Å². The van der Waals surface area contributed by atoms with E-state index in [1.54, 1.807) is 17.7 Å². The molecular weight excluding hydrogens is 265 g/mol. The molecule has 1 aromatic carbocycles. The van der Waals surface area contributed by atoms with Crippen LogP contribution in [0.4, 0.5) is 0 Å². The van der Waals surface area contributed by atoms with Crippen molar-refractivity contribution in [3.8, 4) is 0 Å². The zero-order chi connectivity index (χ0) is 15.4. The molecule has 2 heterocycles. The Kier molecular flexibility index (Phi) is 3.04. The van der Waals surface area contributed by atoms with Crippen molar-refractivity contribution >= 4 is 29.4 Å². The molecule has 0 bridgehead atoms. The lowest BCUT2D eigenvalue weighted by atomic mass is 9.77. The molecule has 110 valence electrons. The lowest BCUT2D eigenvalue weighted by Crippen LogP contribution is -2.41. The molecule has 3 rings (SSSR count). The minimum Gasteiger partial charge on any atom is -0.399 e. The topological polar surface area (TPSA) is 40.5 Å². The Hall–Kier alpha value is -1.59. The van der Waals surface area contributed by atoms with Crippen LogP contribution >= 0.6 is 0 Å². The van der Waals surface area contributed by atoms with Crippen LogP contribution in [0.15, 0.2) is 30.5 Å².